The Balaban J connectivity index is 2.53. The fourth-order valence-corrected chi connectivity index (χ4v) is 3.47. The van der Waals surface area contributed by atoms with Crippen LogP contribution in [0.1, 0.15) is 20.8 Å². The molecule has 1 aromatic rings. The summed E-state index contributed by atoms with van der Waals surface area (Å²) in [5.74, 6) is 0.763. The van der Waals surface area contributed by atoms with Gasteiger partial charge in [-0.1, -0.05) is 36.7 Å². The summed E-state index contributed by atoms with van der Waals surface area (Å²) < 4.78 is 27.5. The van der Waals surface area contributed by atoms with E-state index >= 15 is 0 Å². The van der Waals surface area contributed by atoms with Gasteiger partial charge in [0.15, 0.2) is 0 Å². The highest BCUT2D eigenvalue weighted by molar-refractivity contribution is 9.10. The number of nitrogens with one attached hydrogen (secondary N) is 1. The van der Waals surface area contributed by atoms with Gasteiger partial charge >= 0.3 is 0 Å². The fourth-order valence-electron chi connectivity index (χ4n) is 1.23. The number of sulfonamides is 1. The first-order chi connectivity index (χ1) is 8.21. The van der Waals surface area contributed by atoms with Gasteiger partial charge in [0, 0.05) is 21.5 Å². The van der Waals surface area contributed by atoms with Crippen molar-refractivity contribution < 1.29 is 8.42 Å². The summed E-state index contributed by atoms with van der Waals surface area (Å²) in [6.45, 7) is 6.78. The molecule has 0 spiro atoms. The van der Waals surface area contributed by atoms with Gasteiger partial charge in [-0.25, -0.2) is 13.1 Å². The van der Waals surface area contributed by atoms with Crippen LogP contribution in [0.15, 0.2) is 33.6 Å². The largest absolute Gasteiger partial charge is 0.240 e. The van der Waals surface area contributed by atoms with Crippen molar-refractivity contribution in [2.75, 3.05) is 12.3 Å². The van der Waals surface area contributed by atoms with Crippen molar-refractivity contribution >= 4 is 37.7 Å². The molecule has 0 bridgehead atoms. The zero-order valence-corrected chi connectivity index (χ0v) is 14.0. The summed E-state index contributed by atoms with van der Waals surface area (Å²) in [6, 6.07) is 6.61. The summed E-state index contributed by atoms with van der Waals surface area (Å²) in [6.07, 6.45) is 0. The molecule has 102 valence electrons. The minimum Gasteiger partial charge on any atom is -0.210 e. The second-order valence-electron chi connectivity index (χ2n) is 4.81. The Bertz CT molecular complexity index is 478. The lowest BCUT2D eigenvalue weighted by Crippen LogP contribution is -2.27. The van der Waals surface area contributed by atoms with Gasteiger partial charge in [-0.2, -0.15) is 11.8 Å². The van der Waals surface area contributed by atoms with E-state index in [0.717, 1.165) is 10.2 Å². The number of hydrogen-bond donors (Lipinski definition) is 1. The fraction of sp³-hybridized carbons (Fsp3) is 0.500. The molecule has 18 heavy (non-hydrogen) atoms. The highest BCUT2D eigenvalue weighted by Gasteiger charge is 2.14. The Labute approximate surface area is 122 Å². The van der Waals surface area contributed by atoms with Crippen LogP contribution in [-0.2, 0) is 10.0 Å². The zero-order chi connectivity index (χ0) is 13.8. The maximum absolute atomic E-state index is 11.9. The quantitative estimate of drug-likeness (QED) is 0.828. The lowest BCUT2D eigenvalue weighted by molar-refractivity contribution is 0.584. The minimum atomic E-state index is -3.38. The van der Waals surface area contributed by atoms with E-state index in [4.69, 9.17) is 0 Å². The normalized spacial score (nSPS) is 12.7. The van der Waals surface area contributed by atoms with E-state index in [9.17, 15) is 8.42 Å². The molecule has 0 amide bonds. The zero-order valence-electron chi connectivity index (χ0n) is 10.7. The minimum absolute atomic E-state index is 0.156. The third kappa shape index (κ3) is 5.73. The molecule has 0 saturated carbocycles. The average Bonchev–Trinajstić information content (AvgIpc) is 2.24. The van der Waals surface area contributed by atoms with Gasteiger partial charge in [-0.3, -0.25) is 0 Å². The van der Waals surface area contributed by atoms with Gasteiger partial charge < -0.3 is 0 Å². The molecular formula is C12H18BrNO2S2. The summed E-state index contributed by atoms with van der Waals surface area (Å²) in [7, 11) is -3.38. The Morgan fingerprint density at radius 2 is 1.78 bits per heavy atom. The highest BCUT2D eigenvalue weighted by atomic mass is 79.9. The van der Waals surface area contributed by atoms with Crippen molar-refractivity contribution in [1.29, 1.82) is 0 Å². The Hall–Kier alpha value is -0.0400. The Morgan fingerprint density at radius 1 is 1.22 bits per heavy atom. The molecule has 0 aliphatic heterocycles. The highest BCUT2D eigenvalue weighted by Crippen LogP contribution is 2.22. The van der Waals surface area contributed by atoms with Gasteiger partial charge in [0.1, 0.15) is 0 Å². The molecule has 0 saturated heterocycles. The second-order valence-corrected chi connectivity index (χ2v) is 9.42. The van der Waals surface area contributed by atoms with Crippen LogP contribution in [0.25, 0.3) is 0 Å². The number of rotatable bonds is 5. The monoisotopic (exact) mass is 351 g/mol. The molecule has 0 atom stereocenters. The molecule has 0 unspecified atom stereocenters. The molecule has 1 N–H and O–H groups in total. The van der Waals surface area contributed by atoms with Crippen molar-refractivity contribution in [3.05, 3.63) is 28.7 Å². The van der Waals surface area contributed by atoms with E-state index in [0.29, 0.717) is 11.4 Å². The Morgan fingerprint density at radius 3 is 2.28 bits per heavy atom. The van der Waals surface area contributed by atoms with Crippen LogP contribution in [-0.4, -0.2) is 25.5 Å². The topological polar surface area (TPSA) is 46.2 Å². The van der Waals surface area contributed by atoms with Crippen LogP contribution in [0.2, 0.25) is 0 Å². The third-order valence-electron chi connectivity index (χ3n) is 2.05. The smallest absolute Gasteiger partial charge is 0.210 e. The lowest BCUT2D eigenvalue weighted by atomic mass is 10.3. The average molecular weight is 352 g/mol. The van der Waals surface area contributed by atoms with Gasteiger partial charge in [-0.05, 0) is 24.3 Å². The van der Waals surface area contributed by atoms with Crippen molar-refractivity contribution in [2.24, 2.45) is 0 Å². The SMILES string of the molecule is CC(C)(C)SCCNS(=O)(=O)c1ccc(Br)cc1. The summed E-state index contributed by atoms with van der Waals surface area (Å²) in [4.78, 5) is 0.298. The van der Waals surface area contributed by atoms with E-state index in [2.05, 4.69) is 41.4 Å². The predicted molar refractivity (Wildman–Crippen MR) is 81.5 cm³/mol. The van der Waals surface area contributed by atoms with Crippen molar-refractivity contribution in [1.82, 2.24) is 4.72 Å². The van der Waals surface area contributed by atoms with Crippen molar-refractivity contribution in [2.45, 2.75) is 30.4 Å². The maximum Gasteiger partial charge on any atom is 0.240 e. The lowest BCUT2D eigenvalue weighted by Gasteiger charge is -2.17. The van der Waals surface area contributed by atoms with Gasteiger partial charge in [-0.15, -0.1) is 0 Å². The molecule has 0 heterocycles. The van der Waals surface area contributed by atoms with E-state index in [1.807, 2.05) is 0 Å². The van der Waals surface area contributed by atoms with Gasteiger partial charge in [0.25, 0.3) is 0 Å². The van der Waals surface area contributed by atoms with Crippen LogP contribution in [0.5, 0.6) is 0 Å². The van der Waals surface area contributed by atoms with Crippen LogP contribution >= 0.6 is 27.7 Å². The van der Waals surface area contributed by atoms with Gasteiger partial charge in [0.2, 0.25) is 10.0 Å². The number of benzene rings is 1. The van der Waals surface area contributed by atoms with E-state index < -0.39 is 10.0 Å². The van der Waals surface area contributed by atoms with Crippen molar-refractivity contribution in [3.63, 3.8) is 0 Å². The first-order valence-corrected chi connectivity index (χ1v) is 8.86. The van der Waals surface area contributed by atoms with E-state index in [1.54, 1.807) is 36.0 Å². The number of halogens is 1. The Kier molecular flexibility index (Phi) is 5.70. The van der Waals surface area contributed by atoms with Crippen molar-refractivity contribution in [3.8, 4) is 0 Å². The summed E-state index contributed by atoms with van der Waals surface area (Å²) in [5, 5.41) is 0. The standard InChI is InChI=1S/C12H18BrNO2S2/c1-12(2,3)17-9-8-14-18(15,16)11-6-4-10(13)5-7-11/h4-7,14H,8-9H2,1-3H3. The van der Waals surface area contributed by atoms with E-state index in [-0.39, 0.29) is 4.75 Å². The van der Waals surface area contributed by atoms with Gasteiger partial charge in [0.05, 0.1) is 4.90 Å². The first-order valence-electron chi connectivity index (χ1n) is 5.60. The molecule has 6 heteroatoms. The van der Waals surface area contributed by atoms with Crippen LogP contribution in [0, 0.1) is 0 Å². The molecule has 3 nitrogen and oxygen atoms in total. The molecule has 0 aliphatic carbocycles. The molecule has 0 fully saturated rings. The molecular weight excluding hydrogens is 334 g/mol. The van der Waals surface area contributed by atoms with Crippen LogP contribution in [0.3, 0.4) is 0 Å². The molecule has 1 aromatic carbocycles. The summed E-state index contributed by atoms with van der Waals surface area (Å²) in [5.41, 5.74) is 0. The van der Waals surface area contributed by atoms with Crippen LogP contribution < -0.4 is 4.72 Å². The maximum atomic E-state index is 11.9. The summed E-state index contributed by atoms with van der Waals surface area (Å²) >= 11 is 5.02. The van der Waals surface area contributed by atoms with Crippen LogP contribution in [0.4, 0.5) is 0 Å². The third-order valence-corrected chi connectivity index (χ3v) is 5.33. The second kappa shape index (κ2) is 6.41. The first kappa shape index (κ1) is 16.0. The molecule has 0 radical (unpaired) electrons. The molecule has 0 aromatic heterocycles. The molecule has 0 aliphatic rings. The molecule has 1 rings (SSSR count). The van der Waals surface area contributed by atoms with E-state index in [1.165, 1.54) is 0 Å². The number of hydrogen-bond acceptors (Lipinski definition) is 3. The predicted octanol–water partition coefficient (Wildman–Crippen LogP) is 3.26. The number of thioether (sulfide) groups is 1.